The highest BCUT2D eigenvalue weighted by molar-refractivity contribution is 4.54. The Morgan fingerprint density at radius 3 is 2.40 bits per heavy atom. The predicted molar refractivity (Wildman–Crippen MR) is 38.8 cm³/mol. The zero-order valence-corrected chi connectivity index (χ0v) is 6.42. The predicted octanol–water partition coefficient (Wildman–Crippen LogP) is 0.156. The lowest BCUT2D eigenvalue weighted by Crippen LogP contribution is -2.15. The van der Waals surface area contributed by atoms with Gasteiger partial charge in [-0.2, -0.15) is 0 Å². The monoisotopic (exact) mass is 148 g/mol. The zero-order valence-electron chi connectivity index (χ0n) is 6.42. The Morgan fingerprint density at radius 2 is 2.00 bits per heavy atom. The molecule has 0 aromatic heterocycles. The van der Waals surface area contributed by atoms with Crippen molar-refractivity contribution in [3.63, 3.8) is 0 Å². The van der Waals surface area contributed by atoms with Crippen LogP contribution in [-0.2, 0) is 4.74 Å². The molecule has 0 aromatic rings. The first-order valence-corrected chi connectivity index (χ1v) is 3.59. The molecule has 0 amide bonds. The lowest BCUT2D eigenvalue weighted by Gasteiger charge is -2.10. The SMILES string of the molecule is COC(CO)CCCCO. The van der Waals surface area contributed by atoms with Crippen molar-refractivity contribution in [1.82, 2.24) is 0 Å². The van der Waals surface area contributed by atoms with Crippen LogP contribution in [0.4, 0.5) is 0 Å². The molecule has 0 bridgehead atoms. The lowest BCUT2D eigenvalue weighted by molar-refractivity contribution is 0.0407. The summed E-state index contributed by atoms with van der Waals surface area (Å²) in [4.78, 5) is 0. The number of aliphatic hydroxyl groups is 2. The Kier molecular flexibility index (Phi) is 6.91. The Morgan fingerprint density at radius 1 is 1.30 bits per heavy atom. The fourth-order valence-electron chi connectivity index (χ4n) is 0.767. The van der Waals surface area contributed by atoms with E-state index in [1.807, 2.05) is 0 Å². The van der Waals surface area contributed by atoms with Gasteiger partial charge in [0.2, 0.25) is 0 Å². The molecule has 3 nitrogen and oxygen atoms in total. The molecule has 0 fully saturated rings. The molecule has 10 heavy (non-hydrogen) atoms. The van der Waals surface area contributed by atoms with Gasteiger partial charge in [-0.05, 0) is 19.3 Å². The van der Waals surface area contributed by atoms with Crippen LogP contribution < -0.4 is 0 Å². The first-order chi connectivity index (χ1) is 4.85. The summed E-state index contributed by atoms with van der Waals surface area (Å²) in [5, 5.41) is 17.1. The second kappa shape index (κ2) is 6.99. The Hall–Kier alpha value is -0.120. The molecule has 0 saturated heterocycles. The number of aliphatic hydroxyl groups excluding tert-OH is 2. The van der Waals surface area contributed by atoms with E-state index in [0.29, 0.717) is 0 Å². The highest BCUT2D eigenvalue weighted by Crippen LogP contribution is 2.02. The maximum atomic E-state index is 8.64. The van der Waals surface area contributed by atoms with Gasteiger partial charge in [0.1, 0.15) is 0 Å². The molecule has 0 aromatic carbocycles. The summed E-state index contributed by atoms with van der Waals surface area (Å²) >= 11 is 0. The normalized spacial score (nSPS) is 13.5. The van der Waals surface area contributed by atoms with Gasteiger partial charge in [0.25, 0.3) is 0 Å². The van der Waals surface area contributed by atoms with Gasteiger partial charge in [-0.3, -0.25) is 0 Å². The molecule has 0 aliphatic carbocycles. The summed E-state index contributed by atoms with van der Waals surface area (Å²) in [7, 11) is 1.58. The molecule has 0 saturated carbocycles. The minimum absolute atomic E-state index is 0.0495. The van der Waals surface area contributed by atoms with Crippen molar-refractivity contribution in [1.29, 1.82) is 0 Å². The number of hydrogen-bond acceptors (Lipinski definition) is 3. The molecule has 0 spiro atoms. The third-order valence-electron chi connectivity index (χ3n) is 1.47. The van der Waals surface area contributed by atoms with E-state index in [2.05, 4.69) is 0 Å². The van der Waals surface area contributed by atoms with Crippen LogP contribution in [0.15, 0.2) is 0 Å². The quantitative estimate of drug-likeness (QED) is 0.527. The Labute approximate surface area is 61.6 Å². The molecular formula is C7H16O3. The van der Waals surface area contributed by atoms with Crippen LogP contribution in [0.3, 0.4) is 0 Å². The zero-order chi connectivity index (χ0) is 7.82. The van der Waals surface area contributed by atoms with Gasteiger partial charge in [0.15, 0.2) is 0 Å². The van der Waals surface area contributed by atoms with Gasteiger partial charge in [-0.1, -0.05) is 0 Å². The van der Waals surface area contributed by atoms with Crippen LogP contribution in [-0.4, -0.2) is 36.6 Å². The third kappa shape index (κ3) is 4.73. The fourth-order valence-corrected chi connectivity index (χ4v) is 0.767. The minimum atomic E-state index is -0.0495. The standard InChI is InChI=1S/C7H16O3/c1-10-7(6-9)4-2-3-5-8/h7-9H,2-6H2,1H3. The molecule has 0 aliphatic rings. The number of rotatable bonds is 6. The summed E-state index contributed by atoms with van der Waals surface area (Å²) in [6.07, 6.45) is 2.48. The maximum Gasteiger partial charge on any atom is 0.0802 e. The molecule has 1 atom stereocenters. The molecule has 2 N–H and O–H groups in total. The topological polar surface area (TPSA) is 49.7 Å². The summed E-state index contributed by atoms with van der Waals surface area (Å²) in [5.41, 5.74) is 0. The van der Waals surface area contributed by atoms with Crippen molar-refractivity contribution >= 4 is 0 Å². The summed E-state index contributed by atoms with van der Waals surface area (Å²) in [5.74, 6) is 0. The van der Waals surface area contributed by atoms with Gasteiger partial charge < -0.3 is 14.9 Å². The van der Waals surface area contributed by atoms with E-state index < -0.39 is 0 Å². The van der Waals surface area contributed by atoms with Crippen LogP contribution >= 0.6 is 0 Å². The molecule has 0 radical (unpaired) electrons. The first kappa shape index (κ1) is 9.88. The largest absolute Gasteiger partial charge is 0.396 e. The summed E-state index contributed by atoms with van der Waals surface area (Å²) in [6, 6.07) is 0. The molecule has 3 heteroatoms. The van der Waals surface area contributed by atoms with E-state index in [4.69, 9.17) is 14.9 Å². The number of unbranched alkanes of at least 4 members (excludes halogenated alkanes) is 1. The molecule has 0 aliphatic heterocycles. The highest BCUT2D eigenvalue weighted by Gasteiger charge is 2.03. The van der Waals surface area contributed by atoms with Gasteiger partial charge in [0, 0.05) is 13.7 Å². The molecule has 0 heterocycles. The van der Waals surface area contributed by atoms with Crippen molar-refractivity contribution in [2.24, 2.45) is 0 Å². The van der Waals surface area contributed by atoms with Crippen molar-refractivity contribution < 1.29 is 14.9 Å². The second-order valence-corrected chi connectivity index (χ2v) is 2.26. The van der Waals surface area contributed by atoms with Gasteiger partial charge in [-0.15, -0.1) is 0 Å². The van der Waals surface area contributed by atoms with Gasteiger partial charge >= 0.3 is 0 Å². The van der Waals surface area contributed by atoms with Crippen molar-refractivity contribution in [3.8, 4) is 0 Å². The molecule has 62 valence electrons. The first-order valence-electron chi connectivity index (χ1n) is 3.59. The van der Waals surface area contributed by atoms with Crippen LogP contribution in [0, 0.1) is 0 Å². The van der Waals surface area contributed by atoms with Crippen LogP contribution in [0.2, 0.25) is 0 Å². The van der Waals surface area contributed by atoms with Crippen molar-refractivity contribution in [2.75, 3.05) is 20.3 Å². The number of methoxy groups -OCH3 is 1. The number of hydrogen-bond donors (Lipinski definition) is 2. The van der Waals surface area contributed by atoms with E-state index in [1.165, 1.54) is 0 Å². The summed E-state index contributed by atoms with van der Waals surface area (Å²) < 4.78 is 4.91. The molecular weight excluding hydrogens is 132 g/mol. The van der Waals surface area contributed by atoms with E-state index in [-0.39, 0.29) is 19.3 Å². The maximum absolute atomic E-state index is 8.64. The van der Waals surface area contributed by atoms with Crippen LogP contribution in [0.25, 0.3) is 0 Å². The number of ether oxygens (including phenoxy) is 1. The van der Waals surface area contributed by atoms with Crippen LogP contribution in [0.5, 0.6) is 0 Å². The second-order valence-electron chi connectivity index (χ2n) is 2.26. The van der Waals surface area contributed by atoms with E-state index in [1.54, 1.807) is 7.11 Å². The van der Waals surface area contributed by atoms with Crippen molar-refractivity contribution in [3.05, 3.63) is 0 Å². The van der Waals surface area contributed by atoms with Crippen LogP contribution in [0.1, 0.15) is 19.3 Å². The van der Waals surface area contributed by atoms with Crippen molar-refractivity contribution in [2.45, 2.75) is 25.4 Å². The van der Waals surface area contributed by atoms with E-state index >= 15 is 0 Å². The Bertz CT molecular complexity index is 61.9. The van der Waals surface area contributed by atoms with Gasteiger partial charge in [-0.25, -0.2) is 0 Å². The van der Waals surface area contributed by atoms with E-state index in [9.17, 15) is 0 Å². The Balaban J connectivity index is 3.09. The third-order valence-corrected chi connectivity index (χ3v) is 1.47. The average molecular weight is 148 g/mol. The summed E-state index contributed by atoms with van der Waals surface area (Å²) in [6.45, 7) is 0.295. The highest BCUT2D eigenvalue weighted by atomic mass is 16.5. The van der Waals surface area contributed by atoms with E-state index in [0.717, 1.165) is 19.3 Å². The molecule has 0 rings (SSSR count). The smallest absolute Gasteiger partial charge is 0.0802 e. The van der Waals surface area contributed by atoms with Gasteiger partial charge in [0.05, 0.1) is 12.7 Å². The lowest BCUT2D eigenvalue weighted by atomic mass is 10.2. The fraction of sp³-hybridized carbons (Fsp3) is 1.00. The minimum Gasteiger partial charge on any atom is -0.396 e. The molecule has 1 unspecified atom stereocenters. The average Bonchev–Trinajstić information content (AvgIpc) is 1.99.